The van der Waals surface area contributed by atoms with Gasteiger partial charge in [0.25, 0.3) is 0 Å². The van der Waals surface area contributed by atoms with Gasteiger partial charge < -0.3 is 14.8 Å². The molecule has 0 aliphatic rings. The Morgan fingerprint density at radius 3 is 2.40 bits per heavy atom. The molecule has 92 valence electrons. The van der Waals surface area contributed by atoms with Crippen LogP contribution in [-0.4, -0.2) is 39.0 Å². The molecule has 3 nitrogen and oxygen atoms in total. The number of hydrogen-bond acceptors (Lipinski definition) is 3. The normalized spacial score (nSPS) is 15.2. The van der Waals surface area contributed by atoms with Crippen molar-refractivity contribution in [2.24, 2.45) is 0 Å². The van der Waals surface area contributed by atoms with Crippen LogP contribution in [0.1, 0.15) is 40.0 Å². The van der Waals surface area contributed by atoms with E-state index in [0.717, 1.165) is 26.2 Å². The summed E-state index contributed by atoms with van der Waals surface area (Å²) < 4.78 is 10.7. The van der Waals surface area contributed by atoms with E-state index in [2.05, 4.69) is 26.1 Å². The van der Waals surface area contributed by atoms with Crippen LogP contribution >= 0.6 is 0 Å². The molecule has 1 N–H and O–H groups in total. The van der Waals surface area contributed by atoms with Gasteiger partial charge in [0.05, 0.1) is 6.10 Å². The highest BCUT2D eigenvalue weighted by atomic mass is 16.5. The lowest BCUT2D eigenvalue weighted by molar-refractivity contribution is 0.0858. The molecule has 0 spiro atoms. The fourth-order valence-corrected chi connectivity index (χ4v) is 1.22. The second-order valence-electron chi connectivity index (χ2n) is 4.00. The SMILES string of the molecule is CCCCOCCCNC(C)C(C)OC. The van der Waals surface area contributed by atoms with Gasteiger partial charge >= 0.3 is 0 Å². The lowest BCUT2D eigenvalue weighted by Gasteiger charge is -2.19. The highest BCUT2D eigenvalue weighted by Crippen LogP contribution is 1.96. The predicted molar refractivity (Wildman–Crippen MR) is 64.3 cm³/mol. The summed E-state index contributed by atoms with van der Waals surface area (Å²) in [5, 5.41) is 3.42. The van der Waals surface area contributed by atoms with Crippen molar-refractivity contribution in [1.29, 1.82) is 0 Å². The van der Waals surface area contributed by atoms with Crippen LogP contribution in [0.15, 0.2) is 0 Å². The van der Waals surface area contributed by atoms with Crippen molar-refractivity contribution in [3.8, 4) is 0 Å². The average molecular weight is 217 g/mol. The van der Waals surface area contributed by atoms with E-state index in [1.807, 2.05) is 0 Å². The first-order valence-corrected chi connectivity index (χ1v) is 6.06. The molecular weight excluding hydrogens is 190 g/mol. The summed E-state index contributed by atoms with van der Waals surface area (Å²) in [5.41, 5.74) is 0. The molecule has 0 aromatic rings. The summed E-state index contributed by atoms with van der Waals surface area (Å²) in [6, 6.07) is 0.408. The van der Waals surface area contributed by atoms with Crippen molar-refractivity contribution in [2.45, 2.75) is 52.2 Å². The lowest BCUT2D eigenvalue weighted by atomic mass is 10.2. The highest BCUT2D eigenvalue weighted by molar-refractivity contribution is 4.67. The van der Waals surface area contributed by atoms with E-state index < -0.39 is 0 Å². The maximum absolute atomic E-state index is 5.47. The van der Waals surface area contributed by atoms with E-state index in [1.165, 1.54) is 12.8 Å². The number of nitrogens with one attached hydrogen (secondary N) is 1. The Kier molecular flexibility index (Phi) is 10.3. The van der Waals surface area contributed by atoms with Crippen LogP contribution in [0.5, 0.6) is 0 Å². The van der Waals surface area contributed by atoms with Gasteiger partial charge in [0, 0.05) is 26.4 Å². The second-order valence-corrected chi connectivity index (χ2v) is 4.00. The Morgan fingerprint density at radius 2 is 1.80 bits per heavy atom. The third-order valence-electron chi connectivity index (χ3n) is 2.65. The predicted octanol–water partition coefficient (Wildman–Crippen LogP) is 2.21. The molecule has 0 amide bonds. The first-order chi connectivity index (χ1) is 7.22. The van der Waals surface area contributed by atoms with Gasteiger partial charge in [-0.15, -0.1) is 0 Å². The monoisotopic (exact) mass is 217 g/mol. The molecular formula is C12H27NO2. The Hall–Kier alpha value is -0.120. The van der Waals surface area contributed by atoms with Gasteiger partial charge in [-0.3, -0.25) is 0 Å². The number of unbranched alkanes of at least 4 members (excludes halogenated alkanes) is 1. The Labute approximate surface area is 94.5 Å². The van der Waals surface area contributed by atoms with Crippen molar-refractivity contribution in [3.63, 3.8) is 0 Å². The molecule has 0 aromatic carbocycles. The maximum atomic E-state index is 5.47. The van der Waals surface area contributed by atoms with Gasteiger partial charge in [-0.25, -0.2) is 0 Å². The van der Waals surface area contributed by atoms with Crippen LogP contribution in [0.3, 0.4) is 0 Å². The van der Waals surface area contributed by atoms with Crippen molar-refractivity contribution < 1.29 is 9.47 Å². The Balaban J connectivity index is 3.16. The Bertz CT molecular complexity index is 131. The van der Waals surface area contributed by atoms with Crippen LogP contribution < -0.4 is 5.32 Å². The average Bonchev–Trinajstić information content (AvgIpc) is 2.26. The third-order valence-corrected chi connectivity index (χ3v) is 2.65. The second kappa shape index (κ2) is 10.4. The summed E-state index contributed by atoms with van der Waals surface area (Å²) in [5.74, 6) is 0. The van der Waals surface area contributed by atoms with E-state index >= 15 is 0 Å². The van der Waals surface area contributed by atoms with Gasteiger partial charge in [0.2, 0.25) is 0 Å². The van der Waals surface area contributed by atoms with Crippen molar-refractivity contribution in [3.05, 3.63) is 0 Å². The lowest BCUT2D eigenvalue weighted by Crippen LogP contribution is -2.37. The summed E-state index contributed by atoms with van der Waals surface area (Å²) in [4.78, 5) is 0. The molecule has 3 heteroatoms. The number of hydrogen-bond donors (Lipinski definition) is 1. The standard InChI is InChI=1S/C12H27NO2/c1-5-6-9-15-10-7-8-13-11(2)12(3)14-4/h11-13H,5-10H2,1-4H3. The molecule has 15 heavy (non-hydrogen) atoms. The van der Waals surface area contributed by atoms with Crippen LogP contribution in [0.25, 0.3) is 0 Å². The topological polar surface area (TPSA) is 30.5 Å². The molecule has 0 aromatic heterocycles. The first kappa shape index (κ1) is 14.9. The van der Waals surface area contributed by atoms with Gasteiger partial charge in [-0.05, 0) is 33.2 Å². The number of methoxy groups -OCH3 is 1. The highest BCUT2D eigenvalue weighted by Gasteiger charge is 2.08. The summed E-state index contributed by atoms with van der Waals surface area (Å²) >= 11 is 0. The third kappa shape index (κ3) is 8.85. The molecule has 0 bridgehead atoms. The Morgan fingerprint density at radius 1 is 1.13 bits per heavy atom. The molecule has 2 atom stereocenters. The largest absolute Gasteiger partial charge is 0.381 e. The maximum Gasteiger partial charge on any atom is 0.0693 e. The minimum atomic E-state index is 0.269. The quantitative estimate of drug-likeness (QED) is 0.569. The van der Waals surface area contributed by atoms with Crippen molar-refractivity contribution in [1.82, 2.24) is 5.32 Å². The summed E-state index contributed by atoms with van der Waals surface area (Å²) in [6.45, 7) is 9.17. The van der Waals surface area contributed by atoms with Crippen LogP contribution in [0.2, 0.25) is 0 Å². The van der Waals surface area contributed by atoms with E-state index in [9.17, 15) is 0 Å². The molecule has 2 unspecified atom stereocenters. The molecule has 0 saturated heterocycles. The van der Waals surface area contributed by atoms with Crippen LogP contribution in [-0.2, 0) is 9.47 Å². The van der Waals surface area contributed by atoms with Gasteiger partial charge in [0.1, 0.15) is 0 Å². The molecule has 0 radical (unpaired) electrons. The zero-order valence-electron chi connectivity index (χ0n) is 10.7. The minimum Gasteiger partial charge on any atom is -0.381 e. The fourth-order valence-electron chi connectivity index (χ4n) is 1.22. The molecule has 0 saturated carbocycles. The number of rotatable bonds is 10. The molecule has 0 aliphatic heterocycles. The smallest absolute Gasteiger partial charge is 0.0693 e. The van der Waals surface area contributed by atoms with Crippen molar-refractivity contribution in [2.75, 3.05) is 26.9 Å². The zero-order valence-corrected chi connectivity index (χ0v) is 10.7. The molecule has 0 heterocycles. The number of ether oxygens (including phenoxy) is 2. The van der Waals surface area contributed by atoms with E-state index in [-0.39, 0.29) is 6.10 Å². The van der Waals surface area contributed by atoms with Gasteiger partial charge in [-0.2, -0.15) is 0 Å². The van der Waals surface area contributed by atoms with Crippen LogP contribution in [0.4, 0.5) is 0 Å². The first-order valence-electron chi connectivity index (χ1n) is 6.06. The summed E-state index contributed by atoms with van der Waals surface area (Å²) in [7, 11) is 1.75. The van der Waals surface area contributed by atoms with Gasteiger partial charge in [0.15, 0.2) is 0 Å². The van der Waals surface area contributed by atoms with Crippen LogP contribution in [0, 0.1) is 0 Å². The molecule has 0 aliphatic carbocycles. The summed E-state index contributed by atoms with van der Waals surface area (Å²) in [6.07, 6.45) is 3.72. The van der Waals surface area contributed by atoms with Gasteiger partial charge in [-0.1, -0.05) is 13.3 Å². The van der Waals surface area contributed by atoms with E-state index in [4.69, 9.17) is 9.47 Å². The van der Waals surface area contributed by atoms with E-state index in [0.29, 0.717) is 6.04 Å². The fraction of sp³-hybridized carbons (Fsp3) is 1.00. The molecule has 0 fully saturated rings. The molecule has 0 rings (SSSR count). The minimum absolute atomic E-state index is 0.269. The van der Waals surface area contributed by atoms with E-state index in [1.54, 1.807) is 7.11 Å². The zero-order chi connectivity index (χ0) is 11.5. The van der Waals surface area contributed by atoms with Crippen molar-refractivity contribution >= 4 is 0 Å².